The van der Waals surface area contributed by atoms with Crippen molar-refractivity contribution in [2.45, 2.75) is 46.5 Å². The van der Waals surface area contributed by atoms with Gasteiger partial charge in [-0.3, -0.25) is 4.79 Å². The highest BCUT2D eigenvalue weighted by Crippen LogP contribution is 2.28. The molecule has 1 N–H and O–H groups in total. The predicted octanol–water partition coefficient (Wildman–Crippen LogP) is 3.06. The molecule has 3 heterocycles. The van der Waals surface area contributed by atoms with Crippen LogP contribution in [0.1, 0.15) is 44.9 Å². The van der Waals surface area contributed by atoms with Gasteiger partial charge in [0.2, 0.25) is 5.91 Å². The molecule has 0 unspecified atom stereocenters. The van der Waals surface area contributed by atoms with Crippen molar-refractivity contribution >= 4 is 23.2 Å². The highest BCUT2D eigenvalue weighted by molar-refractivity contribution is 5.93. The van der Waals surface area contributed by atoms with Gasteiger partial charge in [-0.1, -0.05) is 20.8 Å². The van der Waals surface area contributed by atoms with Gasteiger partial charge in [-0.15, -0.1) is 0 Å². The molecule has 0 atom stereocenters. The molecular weight excluding hydrogens is 364 g/mol. The Labute approximate surface area is 172 Å². The summed E-state index contributed by atoms with van der Waals surface area (Å²) >= 11 is 0. The van der Waals surface area contributed by atoms with Crippen LogP contribution in [0.25, 0.3) is 0 Å². The van der Waals surface area contributed by atoms with Gasteiger partial charge in [0.25, 0.3) is 0 Å². The standard InChI is InChI=1S/C22H30N6O/c1-22(2,3)21(29)26-19-9-8-16(14-23-19)27-10-12-28(13-11-27)20-17-6-4-5-7-18(17)24-15-25-20/h8-9,14-15H,4-7,10-13H2,1-3H3,(H,23,26,29). The summed E-state index contributed by atoms with van der Waals surface area (Å²) in [6.07, 6.45) is 8.21. The summed E-state index contributed by atoms with van der Waals surface area (Å²) in [6.45, 7) is 9.40. The third-order valence-electron chi connectivity index (χ3n) is 5.72. The molecule has 1 aliphatic carbocycles. The van der Waals surface area contributed by atoms with Crippen molar-refractivity contribution in [1.29, 1.82) is 0 Å². The number of carbonyl (C=O) groups is 1. The summed E-state index contributed by atoms with van der Waals surface area (Å²) in [6, 6.07) is 3.92. The van der Waals surface area contributed by atoms with E-state index in [-0.39, 0.29) is 5.91 Å². The molecule has 1 aliphatic heterocycles. The molecule has 2 aromatic heterocycles. The van der Waals surface area contributed by atoms with Crippen LogP contribution < -0.4 is 15.1 Å². The molecule has 0 saturated carbocycles. The molecule has 4 rings (SSSR count). The Morgan fingerprint density at radius 1 is 0.966 bits per heavy atom. The number of fused-ring (bicyclic) bond motifs is 1. The number of hydrogen-bond acceptors (Lipinski definition) is 6. The fourth-order valence-corrected chi connectivity index (χ4v) is 3.90. The van der Waals surface area contributed by atoms with Crippen molar-refractivity contribution in [3.05, 3.63) is 35.9 Å². The highest BCUT2D eigenvalue weighted by atomic mass is 16.2. The first-order valence-electron chi connectivity index (χ1n) is 10.5. The Hall–Kier alpha value is -2.70. The maximum Gasteiger partial charge on any atom is 0.230 e. The van der Waals surface area contributed by atoms with Crippen LogP contribution in [0.3, 0.4) is 0 Å². The lowest BCUT2D eigenvalue weighted by atomic mass is 9.96. The van der Waals surface area contributed by atoms with Crippen molar-refractivity contribution in [3.63, 3.8) is 0 Å². The molecule has 2 aromatic rings. The molecule has 7 nitrogen and oxygen atoms in total. The normalized spacial score (nSPS) is 17.1. The van der Waals surface area contributed by atoms with Gasteiger partial charge in [-0.05, 0) is 37.8 Å². The van der Waals surface area contributed by atoms with E-state index in [0.717, 1.165) is 50.5 Å². The largest absolute Gasteiger partial charge is 0.367 e. The van der Waals surface area contributed by atoms with Gasteiger partial charge in [0.15, 0.2) is 0 Å². The second-order valence-electron chi connectivity index (χ2n) is 8.91. The second-order valence-corrected chi connectivity index (χ2v) is 8.91. The molecule has 1 amide bonds. The van der Waals surface area contributed by atoms with Crippen LogP contribution >= 0.6 is 0 Å². The highest BCUT2D eigenvalue weighted by Gasteiger charge is 2.24. The van der Waals surface area contributed by atoms with Gasteiger partial charge in [0.05, 0.1) is 11.9 Å². The molecule has 7 heteroatoms. The Morgan fingerprint density at radius 2 is 1.69 bits per heavy atom. The van der Waals surface area contributed by atoms with Crippen LogP contribution in [0.15, 0.2) is 24.7 Å². The van der Waals surface area contributed by atoms with Crippen molar-refractivity contribution < 1.29 is 4.79 Å². The Morgan fingerprint density at radius 3 is 2.38 bits per heavy atom. The predicted molar refractivity (Wildman–Crippen MR) is 115 cm³/mol. The SMILES string of the molecule is CC(C)(C)C(=O)Nc1ccc(N2CCN(c3ncnc4c3CCCC4)CC2)cn1. The van der Waals surface area contributed by atoms with E-state index in [4.69, 9.17) is 0 Å². The molecule has 0 radical (unpaired) electrons. The first-order chi connectivity index (χ1) is 13.9. The third kappa shape index (κ3) is 4.33. The van der Waals surface area contributed by atoms with E-state index in [1.807, 2.05) is 39.1 Å². The van der Waals surface area contributed by atoms with Crippen LogP contribution in [0.4, 0.5) is 17.3 Å². The fourth-order valence-electron chi connectivity index (χ4n) is 3.90. The zero-order valence-electron chi connectivity index (χ0n) is 17.6. The molecule has 1 saturated heterocycles. The van der Waals surface area contributed by atoms with Crippen LogP contribution in [0.2, 0.25) is 0 Å². The summed E-state index contributed by atoms with van der Waals surface area (Å²) in [5, 5.41) is 2.88. The number of nitrogens with one attached hydrogen (secondary N) is 1. The molecule has 0 aromatic carbocycles. The second kappa shape index (κ2) is 7.97. The number of anilines is 3. The van der Waals surface area contributed by atoms with Gasteiger partial charge in [-0.2, -0.15) is 0 Å². The molecule has 154 valence electrons. The third-order valence-corrected chi connectivity index (χ3v) is 5.72. The van der Waals surface area contributed by atoms with Crippen molar-refractivity contribution in [2.24, 2.45) is 5.41 Å². The minimum absolute atomic E-state index is 0.0282. The van der Waals surface area contributed by atoms with Crippen molar-refractivity contribution in [2.75, 3.05) is 41.3 Å². The molecule has 0 spiro atoms. The average Bonchev–Trinajstić information content (AvgIpc) is 2.73. The summed E-state index contributed by atoms with van der Waals surface area (Å²) in [4.78, 5) is 30.4. The van der Waals surface area contributed by atoms with Crippen LogP contribution in [-0.2, 0) is 17.6 Å². The zero-order chi connectivity index (χ0) is 20.4. The average molecular weight is 395 g/mol. The number of pyridine rings is 1. The van der Waals surface area contributed by atoms with E-state index in [1.54, 1.807) is 6.33 Å². The van der Waals surface area contributed by atoms with E-state index in [9.17, 15) is 4.79 Å². The topological polar surface area (TPSA) is 74.2 Å². The maximum atomic E-state index is 12.1. The van der Waals surface area contributed by atoms with Gasteiger partial charge < -0.3 is 15.1 Å². The number of rotatable bonds is 3. The monoisotopic (exact) mass is 394 g/mol. The van der Waals surface area contributed by atoms with Crippen LogP contribution in [0.5, 0.6) is 0 Å². The number of carbonyl (C=O) groups excluding carboxylic acids is 1. The molecule has 29 heavy (non-hydrogen) atoms. The van der Waals surface area contributed by atoms with Crippen LogP contribution in [-0.4, -0.2) is 47.0 Å². The quantitative estimate of drug-likeness (QED) is 0.862. The first kappa shape index (κ1) is 19.6. The first-order valence-corrected chi connectivity index (χ1v) is 10.5. The lowest BCUT2D eigenvalue weighted by Crippen LogP contribution is -2.47. The number of aromatic nitrogens is 3. The van der Waals surface area contributed by atoms with Gasteiger partial charge in [-0.25, -0.2) is 15.0 Å². The Balaban J connectivity index is 1.38. The number of nitrogens with zero attached hydrogens (tertiary/aromatic N) is 5. The number of piperazine rings is 1. The van der Waals surface area contributed by atoms with E-state index in [2.05, 4.69) is 30.1 Å². The van der Waals surface area contributed by atoms with E-state index >= 15 is 0 Å². The van der Waals surface area contributed by atoms with Gasteiger partial charge in [0.1, 0.15) is 18.0 Å². The Bertz CT molecular complexity index is 866. The molecule has 2 aliphatic rings. The molecular formula is C22H30N6O. The summed E-state index contributed by atoms with van der Waals surface area (Å²) in [5.74, 6) is 1.70. The fraction of sp³-hybridized carbons (Fsp3) is 0.545. The summed E-state index contributed by atoms with van der Waals surface area (Å²) in [5.41, 5.74) is 3.24. The maximum absolute atomic E-state index is 12.1. The molecule has 1 fully saturated rings. The van der Waals surface area contributed by atoms with E-state index in [1.165, 1.54) is 24.1 Å². The van der Waals surface area contributed by atoms with Crippen molar-refractivity contribution in [3.8, 4) is 0 Å². The number of hydrogen-bond donors (Lipinski definition) is 1. The van der Waals surface area contributed by atoms with Crippen LogP contribution in [0, 0.1) is 5.41 Å². The minimum atomic E-state index is -0.434. The summed E-state index contributed by atoms with van der Waals surface area (Å²) < 4.78 is 0. The number of amides is 1. The van der Waals surface area contributed by atoms with Gasteiger partial charge >= 0.3 is 0 Å². The van der Waals surface area contributed by atoms with Crippen molar-refractivity contribution in [1.82, 2.24) is 15.0 Å². The Kier molecular flexibility index (Phi) is 5.39. The zero-order valence-corrected chi connectivity index (χ0v) is 17.6. The van der Waals surface area contributed by atoms with E-state index in [0.29, 0.717) is 5.82 Å². The number of aryl methyl sites for hydroxylation is 1. The lowest BCUT2D eigenvalue weighted by molar-refractivity contribution is -0.123. The minimum Gasteiger partial charge on any atom is -0.367 e. The van der Waals surface area contributed by atoms with E-state index < -0.39 is 5.41 Å². The lowest BCUT2D eigenvalue weighted by Gasteiger charge is -2.37. The van der Waals surface area contributed by atoms with Gasteiger partial charge in [0, 0.05) is 42.9 Å². The smallest absolute Gasteiger partial charge is 0.230 e. The molecule has 0 bridgehead atoms. The summed E-state index contributed by atoms with van der Waals surface area (Å²) in [7, 11) is 0.